The van der Waals surface area contributed by atoms with Gasteiger partial charge in [-0.1, -0.05) is 28.1 Å². The molecule has 0 bridgehead atoms. The van der Waals surface area contributed by atoms with Crippen molar-refractivity contribution in [2.24, 2.45) is 0 Å². The van der Waals surface area contributed by atoms with Crippen molar-refractivity contribution in [3.8, 4) is 5.75 Å². The molecule has 2 aromatic rings. The number of carbonyl (C=O) groups is 3. The van der Waals surface area contributed by atoms with Crippen LogP contribution in [0.1, 0.15) is 17.3 Å². The van der Waals surface area contributed by atoms with E-state index in [9.17, 15) is 14.4 Å². The van der Waals surface area contributed by atoms with Crippen LogP contribution < -0.4 is 15.0 Å². The van der Waals surface area contributed by atoms with Crippen molar-refractivity contribution in [1.29, 1.82) is 0 Å². The van der Waals surface area contributed by atoms with Gasteiger partial charge in [-0.3, -0.25) is 19.3 Å². The van der Waals surface area contributed by atoms with Gasteiger partial charge in [-0.15, -0.1) is 0 Å². The number of fused-ring (bicyclic) bond motifs is 1. The lowest BCUT2D eigenvalue weighted by atomic mass is 10.1. The number of Topliss-reactive ketones (excluding diaryl/α,β-unsaturated/α-hetero) is 1. The van der Waals surface area contributed by atoms with Gasteiger partial charge in [0.2, 0.25) is 5.91 Å². The second-order valence-corrected chi connectivity index (χ2v) is 6.45. The lowest BCUT2D eigenvalue weighted by Crippen LogP contribution is -2.43. The Bertz CT molecular complexity index is 866. The van der Waals surface area contributed by atoms with Crippen LogP contribution in [0, 0.1) is 0 Å². The molecule has 0 unspecified atom stereocenters. The lowest BCUT2D eigenvalue weighted by molar-refractivity contribution is -0.123. The summed E-state index contributed by atoms with van der Waals surface area (Å²) in [6.07, 6.45) is 0. The van der Waals surface area contributed by atoms with Gasteiger partial charge in [-0.25, -0.2) is 0 Å². The monoisotopic (exact) mass is 402 g/mol. The summed E-state index contributed by atoms with van der Waals surface area (Å²) in [5, 5.41) is 2.70. The summed E-state index contributed by atoms with van der Waals surface area (Å²) in [6.45, 7) is 1.15. The van der Waals surface area contributed by atoms with Crippen LogP contribution in [0.3, 0.4) is 0 Å². The summed E-state index contributed by atoms with van der Waals surface area (Å²) in [5.74, 6) is -0.304. The number of amides is 2. The zero-order valence-electron chi connectivity index (χ0n) is 13.4. The fourth-order valence-electron chi connectivity index (χ4n) is 2.58. The Morgan fingerprint density at radius 2 is 2.00 bits per heavy atom. The van der Waals surface area contributed by atoms with Gasteiger partial charge in [0, 0.05) is 10.0 Å². The van der Waals surface area contributed by atoms with E-state index in [4.69, 9.17) is 4.74 Å². The van der Waals surface area contributed by atoms with Crippen LogP contribution in [-0.4, -0.2) is 30.7 Å². The van der Waals surface area contributed by atoms with Crippen LogP contribution in [-0.2, 0) is 9.59 Å². The SMILES string of the molecule is CC(=O)c1ccccc1NC(=O)CN1C(=O)COc2cc(Br)ccc21. The zero-order valence-corrected chi connectivity index (χ0v) is 15.0. The molecule has 7 heteroatoms. The number of hydrogen-bond donors (Lipinski definition) is 1. The van der Waals surface area contributed by atoms with Gasteiger partial charge in [0.15, 0.2) is 12.4 Å². The molecule has 2 amide bonds. The molecule has 6 nitrogen and oxygen atoms in total. The zero-order chi connectivity index (χ0) is 18.0. The molecule has 0 saturated carbocycles. The molecule has 1 aliphatic rings. The first-order valence-corrected chi connectivity index (χ1v) is 8.37. The van der Waals surface area contributed by atoms with E-state index in [1.165, 1.54) is 11.8 Å². The number of nitrogens with zero attached hydrogens (tertiary/aromatic N) is 1. The highest BCUT2D eigenvalue weighted by Crippen LogP contribution is 2.34. The van der Waals surface area contributed by atoms with Crippen molar-refractivity contribution in [1.82, 2.24) is 0 Å². The first kappa shape index (κ1) is 17.2. The smallest absolute Gasteiger partial charge is 0.265 e. The van der Waals surface area contributed by atoms with E-state index in [1.54, 1.807) is 42.5 Å². The van der Waals surface area contributed by atoms with Gasteiger partial charge in [0.1, 0.15) is 12.3 Å². The maximum absolute atomic E-state index is 12.4. The predicted molar refractivity (Wildman–Crippen MR) is 97.1 cm³/mol. The molecule has 0 aromatic heterocycles. The maximum Gasteiger partial charge on any atom is 0.265 e. The number of benzene rings is 2. The normalized spacial score (nSPS) is 13.0. The van der Waals surface area contributed by atoms with Gasteiger partial charge in [-0.05, 0) is 37.3 Å². The number of anilines is 2. The molecule has 1 heterocycles. The predicted octanol–water partition coefficient (Wildman–Crippen LogP) is 3.02. The molecular formula is C18H15BrN2O4. The minimum absolute atomic E-state index is 0.124. The van der Waals surface area contributed by atoms with Gasteiger partial charge in [0.25, 0.3) is 5.91 Å². The summed E-state index contributed by atoms with van der Waals surface area (Å²) in [5.41, 5.74) is 1.39. The Hall–Kier alpha value is -2.67. The minimum Gasteiger partial charge on any atom is -0.482 e. The van der Waals surface area contributed by atoms with Crippen molar-refractivity contribution in [3.63, 3.8) is 0 Å². The van der Waals surface area contributed by atoms with Crippen LogP contribution in [0.2, 0.25) is 0 Å². The molecule has 1 N–H and O–H groups in total. The summed E-state index contributed by atoms with van der Waals surface area (Å²) in [4.78, 5) is 37.6. The molecule has 128 valence electrons. The lowest BCUT2D eigenvalue weighted by Gasteiger charge is -2.29. The fraction of sp³-hybridized carbons (Fsp3) is 0.167. The quantitative estimate of drug-likeness (QED) is 0.797. The minimum atomic E-state index is -0.391. The summed E-state index contributed by atoms with van der Waals surface area (Å²) in [6, 6.07) is 12.0. The third kappa shape index (κ3) is 3.71. The van der Waals surface area contributed by atoms with Gasteiger partial charge in [0.05, 0.1) is 11.4 Å². The van der Waals surface area contributed by atoms with Crippen LogP contribution in [0.4, 0.5) is 11.4 Å². The highest BCUT2D eigenvalue weighted by atomic mass is 79.9. The van der Waals surface area contributed by atoms with E-state index in [-0.39, 0.29) is 24.8 Å². The van der Waals surface area contributed by atoms with Crippen LogP contribution >= 0.6 is 15.9 Å². The summed E-state index contributed by atoms with van der Waals surface area (Å²) >= 11 is 3.35. The number of para-hydroxylation sites is 1. The van der Waals surface area contributed by atoms with E-state index >= 15 is 0 Å². The third-order valence-electron chi connectivity index (χ3n) is 3.75. The molecular weight excluding hydrogens is 388 g/mol. The Kier molecular flexibility index (Phi) is 4.85. The summed E-state index contributed by atoms with van der Waals surface area (Å²) in [7, 11) is 0. The molecule has 25 heavy (non-hydrogen) atoms. The number of ketones is 1. The fourth-order valence-corrected chi connectivity index (χ4v) is 2.92. The number of halogens is 1. The Labute approximate surface area is 152 Å². The molecule has 1 aliphatic heterocycles. The van der Waals surface area contributed by atoms with E-state index in [1.807, 2.05) is 0 Å². The Morgan fingerprint density at radius 1 is 1.24 bits per heavy atom. The molecule has 0 fully saturated rings. The maximum atomic E-state index is 12.4. The largest absolute Gasteiger partial charge is 0.482 e. The number of ether oxygens (including phenoxy) is 1. The van der Waals surface area contributed by atoms with Gasteiger partial charge in [-0.2, -0.15) is 0 Å². The number of carbonyl (C=O) groups excluding carboxylic acids is 3. The third-order valence-corrected chi connectivity index (χ3v) is 4.24. The molecule has 2 aromatic carbocycles. The highest BCUT2D eigenvalue weighted by molar-refractivity contribution is 9.10. The van der Waals surface area contributed by atoms with Crippen molar-refractivity contribution in [2.75, 3.05) is 23.4 Å². The first-order valence-electron chi connectivity index (χ1n) is 7.58. The van der Waals surface area contributed by atoms with Gasteiger partial charge >= 0.3 is 0 Å². The highest BCUT2D eigenvalue weighted by Gasteiger charge is 2.27. The number of hydrogen-bond acceptors (Lipinski definition) is 4. The molecule has 0 atom stereocenters. The van der Waals surface area contributed by atoms with Crippen LogP contribution in [0.5, 0.6) is 5.75 Å². The van der Waals surface area contributed by atoms with Crippen molar-refractivity contribution in [3.05, 3.63) is 52.5 Å². The Balaban J connectivity index is 1.80. The van der Waals surface area contributed by atoms with Crippen LogP contribution in [0.25, 0.3) is 0 Å². The average Bonchev–Trinajstić information content (AvgIpc) is 2.57. The Morgan fingerprint density at radius 3 is 2.76 bits per heavy atom. The first-order chi connectivity index (χ1) is 12.0. The van der Waals surface area contributed by atoms with Gasteiger partial charge < -0.3 is 10.1 Å². The number of rotatable bonds is 4. The van der Waals surface area contributed by atoms with E-state index < -0.39 is 5.91 Å². The van der Waals surface area contributed by atoms with Crippen molar-refractivity contribution < 1.29 is 19.1 Å². The molecule has 3 rings (SSSR count). The van der Waals surface area contributed by atoms with Crippen molar-refractivity contribution >= 4 is 44.9 Å². The number of nitrogens with one attached hydrogen (secondary N) is 1. The van der Waals surface area contributed by atoms with E-state index in [2.05, 4.69) is 21.2 Å². The van der Waals surface area contributed by atoms with E-state index in [0.717, 1.165) is 4.47 Å². The van der Waals surface area contributed by atoms with Crippen molar-refractivity contribution in [2.45, 2.75) is 6.92 Å². The second-order valence-electron chi connectivity index (χ2n) is 5.53. The average molecular weight is 403 g/mol. The molecule has 0 spiro atoms. The topological polar surface area (TPSA) is 75.7 Å². The standard InChI is InChI=1S/C18H15BrN2O4/c1-11(22)13-4-2-3-5-14(13)20-17(23)9-21-15-7-6-12(19)8-16(15)25-10-18(21)24/h2-8H,9-10H2,1H3,(H,20,23). The van der Waals surface area contributed by atoms with Crippen LogP contribution in [0.15, 0.2) is 46.9 Å². The molecule has 0 radical (unpaired) electrons. The molecule has 0 aliphatic carbocycles. The van der Waals surface area contributed by atoms with E-state index in [0.29, 0.717) is 22.7 Å². The molecule has 0 saturated heterocycles. The second kappa shape index (κ2) is 7.06. The summed E-state index contributed by atoms with van der Waals surface area (Å²) < 4.78 is 6.22.